The SMILES string of the molecule is Nc1cc2cccc(Cl)c2c(-c2nc(OC[C@@]34CCCN3C[C@H](F)C4)nc3c(F)cncc23)n1. The molecule has 0 saturated carbocycles. The maximum atomic E-state index is 14.8. The number of anilines is 1. The number of ether oxygens (including phenoxy) is 1. The minimum absolute atomic E-state index is 0.0134. The Bertz CT molecular complexity index is 1440. The number of fused-ring (bicyclic) bond motifs is 3. The summed E-state index contributed by atoms with van der Waals surface area (Å²) in [6.07, 6.45) is 3.91. The third-order valence-corrected chi connectivity index (χ3v) is 7.14. The monoisotopic (exact) mass is 482 g/mol. The molecule has 0 unspecified atom stereocenters. The number of benzene rings is 1. The van der Waals surface area contributed by atoms with Crippen LogP contribution in [0.2, 0.25) is 5.02 Å². The molecule has 10 heteroatoms. The highest BCUT2D eigenvalue weighted by Gasteiger charge is 2.49. The van der Waals surface area contributed by atoms with Crippen molar-refractivity contribution < 1.29 is 13.5 Å². The van der Waals surface area contributed by atoms with Crippen LogP contribution in [0.5, 0.6) is 6.01 Å². The fourth-order valence-corrected chi connectivity index (χ4v) is 5.61. The minimum atomic E-state index is -0.884. The molecule has 174 valence electrons. The summed E-state index contributed by atoms with van der Waals surface area (Å²) in [5.74, 6) is -0.348. The van der Waals surface area contributed by atoms with E-state index in [9.17, 15) is 8.78 Å². The van der Waals surface area contributed by atoms with E-state index < -0.39 is 12.0 Å². The van der Waals surface area contributed by atoms with Crippen molar-refractivity contribution in [3.05, 3.63) is 47.5 Å². The molecular formula is C24H21ClF2N6O. The molecule has 0 spiro atoms. The number of nitrogens with two attached hydrogens (primary N) is 1. The average molecular weight is 483 g/mol. The highest BCUT2D eigenvalue weighted by molar-refractivity contribution is 6.36. The van der Waals surface area contributed by atoms with Crippen LogP contribution in [-0.2, 0) is 0 Å². The number of pyridine rings is 2. The van der Waals surface area contributed by atoms with Gasteiger partial charge in [0.05, 0.1) is 16.8 Å². The van der Waals surface area contributed by atoms with Gasteiger partial charge in [-0.05, 0) is 36.9 Å². The predicted octanol–water partition coefficient (Wildman–Crippen LogP) is 4.57. The quantitative estimate of drug-likeness (QED) is 0.455. The molecule has 1 aromatic carbocycles. The van der Waals surface area contributed by atoms with E-state index in [1.165, 1.54) is 6.20 Å². The number of hydrogen-bond donors (Lipinski definition) is 1. The van der Waals surface area contributed by atoms with Crippen LogP contribution in [0.15, 0.2) is 36.7 Å². The van der Waals surface area contributed by atoms with Gasteiger partial charge < -0.3 is 10.5 Å². The number of rotatable bonds is 4. The molecule has 2 atom stereocenters. The minimum Gasteiger partial charge on any atom is -0.461 e. The smallest absolute Gasteiger partial charge is 0.317 e. The van der Waals surface area contributed by atoms with Gasteiger partial charge in [-0.1, -0.05) is 23.7 Å². The second-order valence-corrected chi connectivity index (χ2v) is 9.38. The van der Waals surface area contributed by atoms with Crippen LogP contribution in [0.3, 0.4) is 0 Å². The van der Waals surface area contributed by atoms with Crippen LogP contribution >= 0.6 is 11.6 Å². The fraction of sp³-hybridized carbons (Fsp3) is 0.333. The summed E-state index contributed by atoms with van der Waals surface area (Å²) < 4.78 is 35.0. The van der Waals surface area contributed by atoms with Gasteiger partial charge >= 0.3 is 6.01 Å². The Kier molecular flexibility index (Phi) is 5.00. The van der Waals surface area contributed by atoms with Crippen LogP contribution in [0.1, 0.15) is 19.3 Å². The van der Waals surface area contributed by atoms with Crippen molar-refractivity contribution in [2.45, 2.75) is 31.0 Å². The summed E-state index contributed by atoms with van der Waals surface area (Å²) >= 11 is 6.52. The molecule has 2 N–H and O–H groups in total. The zero-order valence-corrected chi connectivity index (χ0v) is 18.9. The average Bonchev–Trinajstić information content (AvgIpc) is 3.33. The summed E-state index contributed by atoms with van der Waals surface area (Å²) in [6.45, 7) is 1.47. The van der Waals surface area contributed by atoms with E-state index in [1.54, 1.807) is 12.1 Å². The third kappa shape index (κ3) is 3.42. The Balaban J connectivity index is 1.50. The Morgan fingerprint density at radius 3 is 2.97 bits per heavy atom. The molecule has 34 heavy (non-hydrogen) atoms. The van der Waals surface area contributed by atoms with Crippen molar-refractivity contribution in [2.24, 2.45) is 0 Å². The first-order valence-electron chi connectivity index (χ1n) is 11.1. The topological polar surface area (TPSA) is 90.1 Å². The Labute approximate surface area is 198 Å². The lowest BCUT2D eigenvalue weighted by Gasteiger charge is -2.30. The molecule has 2 saturated heterocycles. The highest BCUT2D eigenvalue weighted by atomic mass is 35.5. The van der Waals surface area contributed by atoms with Crippen LogP contribution in [0.25, 0.3) is 33.1 Å². The van der Waals surface area contributed by atoms with Crippen molar-refractivity contribution in [3.63, 3.8) is 0 Å². The number of aromatic nitrogens is 4. The number of halogens is 3. The molecule has 7 nitrogen and oxygen atoms in total. The molecule has 2 fully saturated rings. The molecule has 0 radical (unpaired) electrons. The van der Waals surface area contributed by atoms with Crippen LogP contribution in [0, 0.1) is 5.82 Å². The van der Waals surface area contributed by atoms with Crippen molar-refractivity contribution in [3.8, 4) is 17.4 Å². The van der Waals surface area contributed by atoms with Gasteiger partial charge in [-0.15, -0.1) is 0 Å². The molecule has 2 aliphatic rings. The van der Waals surface area contributed by atoms with E-state index in [4.69, 9.17) is 22.1 Å². The van der Waals surface area contributed by atoms with Gasteiger partial charge in [0.25, 0.3) is 0 Å². The lowest BCUT2D eigenvalue weighted by molar-refractivity contribution is 0.107. The second kappa shape index (κ2) is 7.95. The Morgan fingerprint density at radius 1 is 1.21 bits per heavy atom. The first kappa shape index (κ1) is 21.4. The van der Waals surface area contributed by atoms with E-state index in [1.807, 2.05) is 12.1 Å². The van der Waals surface area contributed by atoms with Crippen molar-refractivity contribution in [1.29, 1.82) is 0 Å². The molecule has 2 aliphatic heterocycles. The largest absolute Gasteiger partial charge is 0.461 e. The standard InChI is InChI=1S/C24H21ClF2N6O/c25-16-4-1-3-13-7-18(28)30-22(19(13)16)21-15-9-29-10-17(27)20(15)31-23(32-21)34-12-24-5-2-6-33(24)11-14(26)8-24/h1,3-4,7,9-10,14H,2,5-6,8,11-12H2,(H2,28,30)/t14-,24+/m1/s1. The van der Waals surface area contributed by atoms with E-state index in [0.717, 1.165) is 31.0 Å². The van der Waals surface area contributed by atoms with Crippen LogP contribution in [0.4, 0.5) is 14.6 Å². The number of nitrogen functional groups attached to an aromatic ring is 1. The van der Waals surface area contributed by atoms with Gasteiger partial charge in [-0.2, -0.15) is 9.97 Å². The maximum Gasteiger partial charge on any atom is 0.317 e. The van der Waals surface area contributed by atoms with E-state index in [2.05, 4.69) is 24.8 Å². The van der Waals surface area contributed by atoms with Gasteiger partial charge in [-0.25, -0.2) is 13.8 Å². The van der Waals surface area contributed by atoms with Gasteiger partial charge in [-0.3, -0.25) is 9.88 Å². The van der Waals surface area contributed by atoms with Crippen LogP contribution in [-0.4, -0.2) is 56.2 Å². The summed E-state index contributed by atoms with van der Waals surface area (Å²) in [7, 11) is 0. The summed E-state index contributed by atoms with van der Waals surface area (Å²) in [4.78, 5) is 19.5. The summed E-state index contributed by atoms with van der Waals surface area (Å²) in [5, 5.41) is 2.22. The Hall–Kier alpha value is -3.17. The van der Waals surface area contributed by atoms with E-state index in [-0.39, 0.29) is 29.5 Å². The molecule has 3 aromatic heterocycles. The number of alkyl halides is 1. The first-order chi connectivity index (χ1) is 16.4. The molecule has 0 amide bonds. The zero-order valence-electron chi connectivity index (χ0n) is 18.1. The molecule has 0 aliphatic carbocycles. The second-order valence-electron chi connectivity index (χ2n) is 8.97. The molecule has 6 rings (SSSR count). The lowest BCUT2D eigenvalue weighted by atomic mass is 9.95. The van der Waals surface area contributed by atoms with E-state index >= 15 is 0 Å². The third-order valence-electron chi connectivity index (χ3n) is 6.82. The normalized spacial score (nSPS) is 22.5. The van der Waals surface area contributed by atoms with Gasteiger partial charge in [0.2, 0.25) is 0 Å². The summed E-state index contributed by atoms with van der Waals surface area (Å²) in [6, 6.07) is 7.12. The first-order valence-corrected chi connectivity index (χ1v) is 11.5. The van der Waals surface area contributed by atoms with Crippen LogP contribution < -0.4 is 10.5 Å². The number of nitrogens with zero attached hydrogens (tertiary/aromatic N) is 5. The Morgan fingerprint density at radius 2 is 2.09 bits per heavy atom. The number of hydrogen-bond acceptors (Lipinski definition) is 7. The van der Waals surface area contributed by atoms with Crippen molar-refractivity contribution >= 4 is 39.1 Å². The van der Waals surface area contributed by atoms with E-state index in [0.29, 0.717) is 40.1 Å². The fourth-order valence-electron chi connectivity index (χ4n) is 5.34. The van der Waals surface area contributed by atoms with Crippen molar-refractivity contribution in [1.82, 2.24) is 24.8 Å². The molecular weight excluding hydrogens is 462 g/mol. The van der Waals surface area contributed by atoms with Gasteiger partial charge in [0, 0.05) is 29.9 Å². The zero-order chi connectivity index (χ0) is 23.4. The van der Waals surface area contributed by atoms with Crippen molar-refractivity contribution in [2.75, 3.05) is 25.4 Å². The summed E-state index contributed by atoms with van der Waals surface area (Å²) in [5.41, 5.74) is 6.44. The molecule has 4 aromatic rings. The molecule has 5 heterocycles. The highest BCUT2D eigenvalue weighted by Crippen LogP contribution is 2.41. The van der Waals surface area contributed by atoms with Gasteiger partial charge in [0.15, 0.2) is 5.82 Å². The maximum absolute atomic E-state index is 14.8. The lowest BCUT2D eigenvalue weighted by Crippen LogP contribution is -2.43. The predicted molar refractivity (Wildman–Crippen MR) is 126 cm³/mol. The molecule has 0 bridgehead atoms. The van der Waals surface area contributed by atoms with Gasteiger partial charge in [0.1, 0.15) is 35.5 Å².